The van der Waals surface area contributed by atoms with Crippen LogP contribution >= 0.6 is 0 Å². The van der Waals surface area contributed by atoms with Crippen molar-refractivity contribution >= 4 is 11.7 Å². The molecule has 0 heterocycles. The van der Waals surface area contributed by atoms with Gasteiger partial charge in [0.05, 0.1) is 0 Å². The Morgan fingerprint density at radius 1 is 1.10 bits per heavy atom. The van der Waals surface area contributed by atoms with E-state index < -0.39 is 0 Å². The molecule has 0 aromatic heterocycles. The second-order valence-corrected chi connectivity index (χ2v) is 5.16. The van der Waals surface area contributed by atoms with Crippen molar-refractivity contribution in [2.24, 2.45) is 0 Å². The molecule has 3 nitrogen and oxygen atoms in total. The third-order valence-corrected chi connectivity index (χ3v) is 3.10. The van der Waals surface area contributed by atoms with Crippen LogP contribution in [0, 0.1) is 0 Å². The number of allylic oxidation sites excluding steroid dienone is 2. The fourth-order valence-corrected chi connectivity index (χ4v) is 1.82. The number of carbonyl (C=O) groups excluding carboxylic acids is 1. The average Bonchev–Trinajstić information content (AvgIpc) is 2.46. The van der Waals surface area contributed by atoms with Crippen molar-refractivity contribution < 1.29 is 9.53 Å². The highest BCUT2D eigenvalue weighted by Crippen LogP contribution is 2.09. The van der Waals surface area contributed by atoms with Crippen molar-refractivity contribution in [2.75, 3.05) is 18.5 Å². The molecule has 3 heteroatoms. The Bertz CT molecular complexity index is 489. The third-order valence-electron chi connectivity index (χ3n) is 3.10. The highest BCUT2D eigenvalue weighted by molar-refractivity contribution is 5.66. The molecule has 0 radical (unpaired) electrons. The molecule has 1 N–H and O–H groups in total. The highest BCUT2D eigenvalue weighted by atomic mass is 16.5. The maximum Gasteiger partial charge on any atom is 0.302 e. The molecule has 0 saturated heterocycles. The van der Waals surface area contributed by atoms with E-state index in [1.54, 1.807) is 0 Å². The quantitative estimate of drug-likeness (QED) is 0.571. The molecule has 0 aliphatic rings. The van der Waals surface area contributed by atoms with Gasteiger partial charge in [-0.1, -0.05) is 35.4 Å². The first kappa shape index (κ1) is 17.0. The zero-order chi connectivity index (χ0) is 15.5. The van der Waals surface area contributed by atoms with Crippen molar-refractivity contribution in [3.05, 3.63) is 53.6 Å². The van der Waals surface area contributed by atoms with Crippen molar-refractivity contribution in [1.29, 1.82) is 0 Å². The zero-order valence-corrected chi connectivity index (χ0v) is 13.2. The molecule has 0 amide bonds. The van der Waals surface area contributed by atoms with E-state index in [0.717, 1.165) is 25.1 Å². The Morgan fingerprint density at radius 3 is 2.48 bits per heavy atom. The van der Waals surface area contributed by atoms with E-state index in [4.69, 9.17) is 4.74 Å². The normalized spacial score (nSPS) is 12.1. The SMILES string of the molecule is CC(=O)OC/C=C(\C)CC/C=C(\C)CNc1ccccc1. The van der Waals surface area contributed by atoms with Crippen LogP contribution in [0.5, 0.6) is 0 Å². The van der Waals surface area contributed by atoms with Crippen LogP contribution in [0.1, 0.15) is 33.6 Å². The predicted octanol–water partition coefficient (Wildman–Crippen LogP) is 4.33. The second-order valence-electron chi connectivity index (χ2n) is 5.16. The highest BCUT2D eigenvalue weighted by Gasteiger charge is 1.94. The van der Waals surface area contributed by atoms with Crippen LogP contribution in [0.3, 0.4) is 0 Å². The van der Waals surface area contributed by atoms with Crippen LogP contribution in [0.25, 0.3) is 0 Å². The number of rotatable bonds is 8. The van der Waals surface area contributed by atoms with Crippen LogP contribution in [0.4, 0.5) is 5.69 Å². The van der Waals surface area contributed by atoms with Crippen LogP contribution in [0.2, 0.25) is 0 Å². The van der Waals surface area contributed by atoms with Gasteiger partial charge in [0.25, 0.3) is 0 Å². The van der Waals surface area contributed by atoms with E-state index in [1.165, 1.54) is 18.1 Å². The topological polar surface area (TPSA) is 38.3 Å². The van der Waals surface area contributed by atoms with Crippen LogP contribution in [-0.2, 0) is 9.53 Å². The molecule has 0 spiro atoms. The summed E-state index contributed by atoms with van der Waals surface area (Å²) in [5.74, 6) is -0.234. The Morgan fingerprint density at radius 2 is 1.81 bits per heavy atom. The smallest absolute Gasteiger partial charge is 0.302 e. The van der Waals surface area contributed by atoms with Gasteiger partial charge in [0.2, 0.25) is 0 Å². The molecule has 1 rings (SSSR count). The fourth-order valence-electron chi connectivity index (χ4n) is 1.82. The van der Waals surface area contributed by atoms with Gasteiger partial charge in [0, 0.05) is 19.2 Å². The van der Waals surface area contributed by atoms with Crippen molar-refractivity contribution in [1.82, 2.24) is 0 Å². The minimum atomic E-state index is -0.234. The minimum Gasteiger partial charge on any atom is -0.462 e. The first-order valence-corrected chi connectivity index (χ1v) is 7.31. The maximum atomic E-state index is 10.6. The summed E-state index contributed by atoms with van der Waals surface area (Å²) in [5, 5.41) is 3.39. The predicted molar refractivity (Wildman–Crippen MR) is 88.3 cm³/mol. The van der Waals surface area contributed by atoms with Crippen molar-refractivity contribution in [2.45, 2.75) is 33.6 Å². The molecule has 0 aliphatic heterocycles. The molecule has 114 valence electrons. The van der Waals surface area contributed by atoms with E-state index in [0.29, 0.717) is 6.61 Å². The number of hydrogen-bond acceptors (Lipinski definition) is 3. The zero-order valence-electron chi connectivity index (χ0n) is 13.2. The number of anilines is 1. The summed E-state index contributed by atoms with van der Waals surface area (Å²) in [7, 11) is 0. The Kier molecular flexibility index (Phi) is 7.95. The van der Waals surface area contributed by atoms with Crippen LogP contribution in [-0.4, -0.2) is 19.1 Å². The largest absolute Gasteiger partial charge is 0.462 e. The summed E-state index contributed by atoms with van der Waals surface area (Å²) in [6.45, 7) is 6.86. The summed E-state index contributed by atoms with van der Waals surface area (Å²) >= 11 is 0. The van der Waals surface area contributed by atoms with Gasteiger partial charge in [-0.15, -0.1) is 0 Å². The van der Waals surface area contributed by atoms with Crippen molar-refractivity contribution in [3.8, 4) is 0 Å². The lowest BCUT2D eigenvalue weighted by molar-refractivity contribution is -0.139. The molecule has 1 aromatic carbocycles. The fraction of sp³-hybridized carbons (Fsp3) is 0.389. The Labute approximate surface area is 127 Å². The van der Waals surface area contributed by atoms with Gasteiger partial charge in [0.1, 0.15) is 6.61 Å². The molecule has 0 aliphatic carbocycles. The summed E-state index contributed by atoms with van der Waals surface area (Å²) in [5.41, 5.74) is 3.71. The first-order chi connectivity index (χ1) is 10.1. The standard InChI is InChI=1S/C18H25NO2/c1-15(12-13-21-17(3)20)8-7-9-16(2)14-19-18-10-5-4-6-11-18/h4-6,9-12,19H,7-8,13-14H2,1-3H3/b15-12+,16-9+. The summed E-state index contributed by atoms with van der Waals surface area (Å²) < 4.78 is 4.89. The molecule has 0 bridgehead atoms. The van der Waals surface area contributed by atoms with Crippen LogP contribution < -0.4 is 5.32 Å². The monoisotopic (exact) mass is 287 g/mol. The Balaban J connectivity index is 2.24. The summed E-state index contributed by atoms with van der Waals surface area (Å²) in [6, 6.07) is 10.2. The van der Waals surface area contributed by atoms with E-state index >= 15 is 0 Å². The van der Waals surface area contributed by atoms with E-state index in [9.17, 15) is 4.79 Å². The average molecular weight is 287 g/mol. The molecule has 0 saturated carbocycles. The lowest BCUT2D eigenvalue weighted by Crippen LogP contribution is -2.02. The van der Waals surface area contributed by atoms with Gasteiger partial charge in [-0.3, -0.25) is 4.79 Å². The van der Waals surface area contributed by atoms with E-state index in [1.807, 2.05) is 24.3 Å². The molecule has 1 aromatic rings. The van der Waals surface area contributed by atoms with Crippen molar-refractivity contribution in [3.63, 3.8) is 0 Å². The maximum absolute atomic E-state index is 10.6. The van der Waals surface area contributed by atoms with Gasteiger partial charge < -0.3 is 10.1 Å². The van der Waals surface area contributed by atoms with Gasteiger partial charge in [-0.2, -0.15) is 0 Å². The molecule has 0 atom stereocenters. The number of ether oxygens (including phenoxy) is 1. The first-order valence-electron chi connectivity index (χ1n) is 7.31. The van der Waals surface area contributed by atoms with E-state index in [2.05, 4.69) is 37.4 Å². The lowest BCUT2D eigenvalue weighted by Gasteiger charge is -2.06. The van der Waals surface area contributed by atoms with Gasteiger partial charge >= 0.3 is 5.97 Å². The molecule has 0 unspecified atom stereocenters. The third kappa shape index (κ3) is 8.69. The molecular formula is C18H25NO2. The number of benzene rings is 1. The lowest BCUT2D eigenvalue weighted by atomic mass is 10.1. The Hall–Kier alpha value is -2.03. The van der Waals surface area contributed by atoms with Crippen LogP contribution in [0.15, 0.2) is 53.6 Å². The molecule has 0 fully saturated rings. The number of hydrogen-bond donors (Lipinski definition) is 1. The number of para-hydroxylation sites is 1. The second kappa shape index (κ2) is 9.81. The van der Waals surface area contributed by atoms with E-state index in [-0.39, 0.29) is 5.97 Å². The van der Waals surface area contributed by atoms with Gasteiger partial charge in [0.15, 0.2) is 0 Å². The number of esters is 1. The minimum absolute atomic E-state index is 0.234. The molecule has 21 heavy (non-hydrogen) atoms. The van der Waals surface area contributed by atoms with Gasteiger partial charge in [-0.25, -0.2) is 0 Å². The van der Waals surface area contributed by atoms with Gasteiger partial charge in [-0.05, 0) is 44.9 Å². The molecular weight excluding hydrogens is 262 g/mol. The summed E-state index contributed by atoms with van der Waals surface area (Å²) in [6.07, 6.45) is 6.21. The number of carbonyl (C=O) groups is 1. The summed E-state index contributed by atoms with van der Waals surface area (Å²) in [4.78, 5) is 10.6. The number of nitrogens with one attached hydrogen (secondary N) is 1.